The Kier molecular flexibility index (Phi) is 9.48. The molecule has 2 aliphatic rings. The van der Waals surface area contributed by atoms with Crippen molar-refractivity contribution in [3.05, 3.63) is 48.0 Å². The largest absolute Gasteiger partial charge is 0.487 e. The Labute approximate surface area is 221 Å². The van der Waals surface area contributed by atoms with Crippen LogP contribution in [0.4, 0.5) is 10.5 Å². The van der Waals surface area contributed by atoms with Crippen molar-refractivity contribution in [2.45, 2.75) is 90.1 Å². The zero-order valence-electron chi connectivity index (χ0n) is 22.4. The van der Waals surface area contributed by atoms with E-state index in [-0.39, 0.29) is 12.1 Å². The van der Waals surface area contributed by atoms with Gasteiger partial charge >= 0.3 is 12.0 Å². The Morgan fingerprint density at radius 2 is 1.68 bits per heavy atom. The van der Waals surface area contributed by atoms with Crippen LogP contribution in [-0.2, 0) is 4.79 Å². The average molecular weight is 507 g/mol. The first-order chi connectivity index (χ1) is 17.9. The molecule has 2 aromatic carbocycles. The summed E-state index contributed by atoms with van der Waals surface area (Å²) in [6.07, 6.45) is 10.2. The predicted octanol–water partition coefficient (Wildman–Crippen LogP) is 7.37. The molecule has 1 aliphatic heterocycles. The lowest BCUT2D eigenvalue weighted by Gasteiger charge is -2.33. The van der Waals surface area contributed by atoms with Crippen molar-refractivity contribution in [3.8, 4) is 16.9 Å². The van der Waals surface area contributed by atoms with Crippen LogP contribution in [0.3, 0.4) is 0 Å². The molecule has 6 nitrogen and oxygen atoms in total. The standard InChI is InChI=1S/C31H42N2O4/c1-3-4-5-6-7-18-32-31(36)33-21-22(2)37-29-20-27(16-17-28(29)33)26-14-12-25(13-15-26)24-10-8-23(9-11-24)19-30(34)35/h12-17,20,22-24H,3-11,18-19,21H2,1-2H3,(H,32,36)(H,34,35). The SMILES string of the molecule is CCCCCCCNC(=O)N1CC(C)Oc2cc(-c3ccc(C4CCC(CC(=O)O)CC4)cc3)ccc21. The van der Waals surface area contributed by atoms with E-state index in [1.165, 1.54) is 24.8 Å². The van der Waals surface area contributed by atoms with Gasteiger partial charge in [0.15, 0.2) is 0 Å². The van der Waals surface area contributed by atoms with Gasteiger partial charge in [-0.25, -0.2) is 4.79 Å². The van der Waals surface area contributed by atoms with Crippen LogP contribution in [0.1, 0.15) is 89.5 Å². The summed E-state index contributed by atoms with van der Waals surface area (Å²) in [4.78, 5) is 25.8. The van der Waals surface area contributed by atoms with Crippen molar-refractivity contribution in [1.29, 1.82) is 0 Å². The summed E-state index contributed by atoms with van der Waals surface area (Å²) >= 11 is 0. The number of nitrogens with zero attached hydrogens (tertiary/aromatic N) is 1. The fourth-order valence-corrected chi connectivity index (χ4v) is 5.73. The Bertz CT molecular complexity index is 1040. The van der Waals surface area contributed by atoms with Crippen LogP contribution in [0, 0.1) is 5.92 Å². The van der Waals surface area contributed by atoms with E-state index in [0.717, 1.165) is 61.1 Å². The summed E-state index contributed by atoms with van der Waals surface area (Å²) in [5.41, 5.74) is 4.34. The second-order valence-electron chi connectivity index (χ2n) is 10.8. The number of urea groups is 1. The number of carboxylic acid groups (broad SMARTS) is 1. The minimum absolute atomic E-state index is 0.0536. The summed E-state index contributed by atoms with van der Waals surface area (Å²) in [6, 6.07) is 14.8. The molecular weight excluding hydrogens is 464 g/mol. The van der Waals surface area contributed by atoms with Crippen molar-refractivity contribution in [2.75, 3.05) is 18.0 Å². The second-order valence-corrected chi connectivity index (χ2v) is 10.8. The molecule has 1 heterocycles. The van der Waals surface area contributed by atoms with Gasteiger partial charge in [-0.15, -0.1) is 0 Å². The highest BCUT2D eigenvalue weighted by molar-refractivity contribution is 5.94. The number of unbranched alkanes of at least 4 members (excludes halogenated alkanes) is 4. The molecule has 1 fully saturated rings. The van der Waals surface area contributed by atoms with E-state index in [9.17, 15) is 9.59 Å². The van der Waals surface area contributed by atoms with Crippen LogP contribution in [0.25, 0.3) is 11.1 Å². The maximum absolute atomic E-state index is 12.9. The Morgan fingerprint density at radius 3 is 2.38 bits per heavy atom. The maximum atomic E-state index is 12.9. The number of hydrogen-bond donors (Lipinski definition) is 2. The van der Waals surface area contributed by atoms with Gasteiger partial charge in [-0.2, -0.15) is 0 Å². The third kappa shape index (κ3) is 7.27. The normalized spacial score (nSPS) is 21.1. The Balaban J connectivity index is 1.38. The van der Waals surface area contributed by atoms with Gasteiger partial charge < -0.3 is 15.2 Å². The highest BCUT2D eigenvalue weighted by Gasteiger charge is 2.28. The number of anilines is 1. The minimum atomic E-state index is -0.683. The Morgan fingerprint density at radius 1 is 0.973 bits per heavy atom. The molecule has 4 rings (SSSR count). The molecular formula is C31H42N2O4. The molecule has 0 aromatic heterocycles. The van der Waals surface area contributed by atoms with E-state index in [2.05, 4.69) is 42.6 Å². The molecule has 0 bridgehead atoms. The predicted molar refractivity (Wildman–Crippen MR) is 148 cm³/mol. The van der Waals surface area contributed by atoms with E-state index in [1.807, 2.05) is 24.0 Å². The minimum Gasteiger partial charge on any atom is -0.487 e. The number of carboxylic acids is 1. The molecule has 0 spiro atoms. The number of hydrogen-bond acceptors (Lipinski definition) is 3. The van der Waals surface area contributed by atoms with Crippen LogP contribution in [0.2, 0.25) is 0 Å². The van der Waals surface area contributed by atoms with Gasteiger partial charge in [0, 0.05) is 13.0 Å². The number of fused-ring (bicyclic) bond motifs is 1. The van der Waals surface area contributed by atoms with E-state index < -0.39 is 5.97 Å². The smallest absolute Gasteiger partial charge is 0.322 e. The van der Waals surface area contributed by atoms with Crippen LogP contribution in [0.15, 0.2) is 42.5 Å². The number of ether oxygens (including phenoxy) is 1. The maximum Gasteiger partial charge on any atom is 0.322 e. The number of carbonyl (C=O) groups excluding carboxylic acids is 1. The van der Waals surface area contributed by atoms with E-state index in [4.69, 9.17) is 9.84 Å². The van der Waals surface area contributed by atoms with Gasteiger partial charge in [0.05, 0.1) is 12.2 Å². The van der Waals surface area contributed by atoms with E-state index in [0.29, 0.717) is 31.3 Å². The Hall–Kier alpha value is -3.02. The molecule has 2 aromatic rings. The van der Waals surface area contributed by atoms with Crippen molar-refractivity contribution in [2.24, 2.45) is 5.92 Å². The quantitative estimate of drug-likeness (QED) is 0.330. The first-order valence-corrected chi connectivity index (χ1v) is 14.1. The first kappa shape index (κ1) is 27.0. The van der Waals surface area contributed by atoms with Gasteiger partial charge in [0.1, 0.15) is 11.9 Å². The summed E-state index contributed by atoms with van der Waals surface area (Å²) in [5, 5.41) is 12.1. The summed E-state index contributed by atoms with van der Waals surface area (Å²) in [5.74, 6) is 0.886. The number of rotatable bonds is 10. The van der Waals surface area contributed by atoms with Gasteiger partial charge in [0.2, 0.25) is 0 Å². The van der Waals surface area contributed by atoms with E-state index >= 15 is 0 Å². The number of aliphatic carboxylic acids is 1. The second kappa shape index (κ2) is 13.0. The molecule has 37 heavy (non-hydrogen) atoms. The van der Waals surface area contributed by atoms with Crippen LogP contribution in [0.5, 0.6) is 5.75 Å². The lowest BCUT2D eigenvalue weighted by atomic mass is 9.77. The molecule has 200 valence electrons. The fraction of sp³-hybridized carbons (Fsp3) is 0.548. The third-order valence-electron chi connectivity index (χ3n) is 7.85. The number of amides is 2. The zero-order chi connectivity index (χ0) is 26.2. The van der Waals surface area contributed by atoms with Crippen molar-refractivity contribution >= 4 is 17.7 Å². The van der Waals surface area contributed by atoms with E-state index in [1.54, 1.807) is 0 Å². The summed E-state index contributed by atoms with van der Waals surface area (Å²) in [6.45, 7) is 5.45. The van der Waals surface area contributed by atoms with Crippen molar-refractivity contribution in [3.63, 3.8) is 0 Å². The average Bonchev–Trinajstić information content (AvgIpc) is 2.90. The molecule has 2 amide bonds. The lowest BCUT2D eigenvalue weighted by molar-refractivity contribution is -0.138. The van der Waals surface area contributed by atoms with Crippen LogP contribution >= 0.6 is 0 Å². The number of carbonyl (C=O) groups is 2. The van der Waals surface area contributed by atoms with Crippen molar-refractivity contribution in [1.82, 2.24) is 5.32 Å². The van der Waals surface area contributed by atoms with Crippen LogP contribution in [-0.4, -0.2) is 36.3 Å². The lowest BCUT2D eigenvalue weighted by Crippen LogP contribution is -2.47. The topological polar surface area (TPSA) is 78.9 Å². The molecule has 2 N–H and O–H groups in total. The molecule has 1 atom stereocenters. The molecule has 0 radical (unpaired) electrons. The van der Waals surface area contributed by atoms with Gasteiger partial charge in [-0.3, -0.25) is 9.69 Å². The molecule has 0 saturated heterocycles. The summed E-state index contributed by atoms with van der Waals surface area (Å²) < 4.78 is 6.14. The monoisotopic (exact) mass is 506 g/mol. The number of benzene rings is 2. The first-order valence-electron chi connectivity index (χ1n) is 14.1. The molecule has 6 heteroatoms. The van der Waals surface area contributed by atoms with Gasteiger partial charge in [-0.1, -0.05) is 62.9 Å². The van der Waals surface area contributed by atoms with Gasteiger partial charge in [-0.05, 0) is 79.7 Å². The third-order valence-corrected chi connectivity index (χ3v) is 7.85. The zero-order valence-corrected chi connectivity index (χ0v) is 22.4. The summed E-state index contributed by atoms with van der Waals surface area (Å²) in [7, 11) is 0. The molecule has 1 saturated carbocycles. The highest BCUT2D eigenvalue weighted by atomic mass is 16.5. The van der Waals surface area contributed by atoms with Gasteiger partial charge in [0.25, 0.3) is 0 Å². The van der Waals surface area contributed by atoms with Crippen molar-refractivity contribution < 1.29 is 19.4 Å². The molecule has 1 aliphatic carbocycles. The fourth-order valence-electron chi connectivity index (χ4n) is 5.73. The molecule has 1 unspecified atom stereocenters. The van der Waals surface area contributed by atoms with Crippen LogP contribution < -0.4 is 15.0 Å². The number of nitrogens with one attached hydrogen (secondary N) is 1. The highest BCUT2D eigenvalue weighted by Crippen LogP contribution is 2.39.